The monoisotopic (exact) mass is 331 g/mol. The standard InChI is InChI=1S/C20H21N5/c1-24-18-9-5-4-8-17(18)21-19(24)13-25-11-10-14(12-25)20-22-15-6-2-3-7-16(15)23-20/h2-9,14H,10-13H2,1H3,(H,22,23). The number of benzene rings is 2. The van der Waals surface area contributed by atoms with E-state index in [9.17, 15) is 0 Å². The molecule has 1 saturated heterocycles. The molecule has 1 fully saturated rings. The van der Waals surface area contributed by atoms with Gasteiger partial charge < -0.3 is 9.55 Å². The number of hydrogen-bond acceptors (Lipinski definition) is 3. The van der Waals surface area contributed by atoms with Crippen LogP contribution in [0.5, 0.6) is 0 Å². The van der Waals surface area contributed by atoms with Gasteiger partial charge in [-0.1, -0.05) is 24.3 Å². The smallest absolute Gasteiger partial charge is 0.123 e. The topological polar surface area (TPSA) is 49.7 Å². The second-order valence-corrected chi connectivity index (χ2v) is 6.94. The maximum absolute atomic E-state index is 4.81. The van der Waals surface area contributed by atoms with E-state index in [0.717, 1.165) is 54.3 Å². The largest absolute Gasteiger partial charge is 0.342 e. The van der Waals surface area contributed by atoms with Crippen LogP contribution in [0.1, 0.15) is 24.0 Å². The number of likely N-dealkylation sites (tertiary alicyclic amines) is 1. The molecule has 0 radical (unpaired) electrons. The average molecular weight is 331 g/mol. The summed E-state index contributed by atoms with van der Waals surface area (Å²) in [6.07, 6.45) is 1.14. The molecule has 0 saturated carbocycles. The molecule has 3 heterocycles. The first-order valence-corrected chi connectivity index (χ1v) is 8.85. The van der Waals surface area contributed by atoms with E-state index in [2.05, 4.69) is 57.9 Å². The molecular weight excluding hydrogens is 310 g/mol. The zero-order valence-electron chi connectivity index (χ0n) is 14.3. The molecule has 2 aromatic carbocycles. The number of aromatic nitrogens is 4. The van der Waals surface area contributed by atoms with Gasteiger partial charge in [-0.3, -0.25) is 4.90 Å². The first-order valence-electron chi connectivity index (χ1n) is 8.85. The average Bonchev–Trinajstić information content (AvgIpc) is 3.33. The molecule has 1 aliphatic rings. The van der Waals surface area contributed by atoms with Crippen molar-refractivity contribution in [2.24, 2.45) is 7.05 Å². The van der Waals surface area contributed by atoms with Crippen LogP contribution in [0.15, 0.2) is 48.5 Å². The van der Waals surface area contributed by atoms with E-state index in [4.69, 9.17) is 9.97 Å². The van der Waals surface area contributed by atoms with Crippen molar-refractivity contribution in [2.45, 2.75) is 18.9 Å². The molecule has 0 spiro atoms. The number of H-pyrrole nitrogens is 1. The fourth-order valence-electron chi connectivity index (χ4n) is 3.90. The lowest BCUT2D eigenvalue weighted by atomic mass is 10.1. The molecule has 1 unspecified atom stereocenters. The van der Waals surface area contributed by atoms with Gasteiger partial charge in [-0.25, -0.2) is 9.97 Å². The summed E-state index contributed by atoms with van der Waals surface area (Å²) in [6.45, 7) is 3.01. The quantitative estimate of drug-likeness (QED) is 0.626. The number of rotatable bonds is 3. The highest BCUT2D eigenvalue weighted by molar-refractivity contribution is 5.76. The van der Waals surface area contributed by atoms with Gasteiger partial charge in [0.25, 0.3) is 0 Å². The molecule has 5 rings (SSSR count). The molecule has 2 aromatic heterocycles. The second kappa shape index (κ2) is 5.70. The second-order valence-electron chi connectivity index (χ2n) is 6.94. The van der Waals surface area contributed by atoms with Gasteiger partial charge in [0.2, 0.25) is 0 Å². The van der Waals surface area contributed by atoms with E-state index in [1.54, 1.807) is 0 Å². The zero-order valence-corrected chi connectivity index (χ0v) is 14.3. The van der Waals surface area contributed by atoms with Gasteiger partial charge in [0.05, 0.1) is 28.6 Å². The highest BCUT2D eigenvalue weighted by Crippen LogP contribution is 2.28. The number of para-hydroxylation sites is 4. The normalized spacial score (nSPS) is 18.5. The van der Waals surface area contributed by atoms with Gasteiger partial charge >= 0.3 is 0 Å². The number of fused-ring (bicyclic) bond motifs is 2. The third-order valence-electron chi connectivity index (χ3n) is 5.31. The van der Waals surface area contributed by atoms with E-state index >= 15 is 0 Å². The Bertz CT molecular complexity index is 1010. The Kier molecular flexibility index (Phi) is 3.35. The molecule has 0 aliphatic carbocycles. The third-order valence-corrected chi connectivity index (χ3v) is 5.31. The Morgan fingerprint density at radius 2 is 1.84 bits per heavy atom. The van der Waals surface area contributed by atoms with Crippen molar-refractivity contribution < 1.29 is 0 Å². The van der Waals surface area contributed by atoms with Gasteiger partial charge in [-0.2, -0.15) is 0 Å². The third kappa shape index (κ3) is 2.51. The van der Waals surface area contributed by atoms with E-state index in [1.165, 1.54) is 5.52 Å². The first-order chi connectivity index (χ1) is 12.3. The lowest BCUT2D eigenvalue weighted by Crippen LogP contribution is -2.22. The first kappa shape index (κ1) is 14.7. The Morgan fingerprint density at radius 1 is 1.04 bits per heavy atom. The molecule has 1 aliphatic heterocycles. The van der Waals surface area contributed by atoms with Crippen molar-refractivity contribution >= 4 is 22.1 Å². The van der Waals surface area contributed by atoms with Crippen LogP contribution < -0.4 is 0 Å². The molecule has 4 aromatic rings. The van der Waals surface area contributed by atoms with Crippen molar-refractivity contribution in [2.75, 3.05) is 13.1 Å². The fourth-order valence-corrected chi connectivity index (χ4v) is 3.90. The molecule has 1 N–H and O–H groups in total. The van der Waals surface area contributed by atoms with Crippen LogP contribution in [0.25, 0.3) is 22.1 Å². The van der Waals surface area contributed by atoms with E-state index < -0.39 is 0 Å². The van der Waals surface area contributed by atoms with Crippen molar-refractivity contribution in [1.82, 2.24) is 24.4 Å². The minimum Gasteiger partial charge on any atom is -0.342 e. The van der Waals surface area contributed by atoms with Crippen LogP contribution in [0.2, 0.25) is 0 Å². The van der Waals surface area contributed by atoms with Crippen LogP contribution in [0.4, 0.5) is 0 Å². The van der Waals surface area contributed by atoms with Crippen LogP contribution >= 0.6 is 0 Å². The minimum absolute atomic E-state index is 0.474. The van der Waals surface area contributed by atoms with Gasteiger partial charge in [0.15, 0.2) is 0 Å². The number of nitrogens with zero attached hydrogens (tertiary/aromatic N) is 4. The Morgan fingerprint density at radius 3 is 2.68 bits per heavy atom. The van der Waals surface area contributed by atoms with E-state index in [1.807, 2.05) is 12.1 Å². The molecule has 0 amide bonds. The molecule has 5 nitrogen and oxygen atoms in total. The maximum Gasteiger partial charge on any atom is 0.123 e. The Balaban J connectivity index is 1.35. The summed E-state index contributed by atoms with van der Waals surface area (Å²) in [6, 6.07) is 16.6. The summed E-state index contributed by atoms with van der Waals surface area (Å²) in [4.78, 5) is 15.6. The SMILES string of the molecule is Cn1c(CN2CCC(c3nc4ccccc4[nH]3)C2)nc2ccccc21. The number of hydrogen-bond donors (Lipinski definition) is 1. The fraction of sp³-hybridized carbons (Fsp3) is 0.300. The summed E-state index contributed by atoms with van der Waals surface area (Å²) in [5, 5.41) is 0. The molecular formula is C20H21N5. The maximum atomic E-state index is 4.81. The van der Waals surface area contributed by atoms with Crippen LogP contribution in [-0.2, 0) is 13.6 Å². The molecule has 126 valence electrons. The predicted octanol–water partition coefficient (Wildman–Crippen LogP) is 3.44. The predicted molar refractivity (Wildman–Crippen MR) is 99.4 cm³/mol. The van der Waals surface area contributed by atoms with Crippen molar-refractivity contribution in [1.29, 1.82) is 0 Å². The van der Waals surface area contributed by atoms with Crippen molar-refractivity contribution in [3.05, 3.63) is 60.2 Å². The number of aryl methyl sites for hydroxylation is 1. The summed E-state index contributed by atoms with van der Waals surface area (Å²) >= 11 is 0. The van der Waals surface area contributed by atoms with E-state index in [-0.39, 0.29) is 0 Å². The summed E-state index contributed by atoms with van der Waals surface area (Å²) in [5.74, 6) is 2.72. The van der Waals surface area contributed by atoms with Gasteiger partial charge in [0, 0.05) is 19.5 Å². The Hall–Kier alpha value is -2.66. The minimum atomic E-state index is 0.474. The summed E-state index contributed by atoms with van der Waals surface area (Å²) < 4.78 is 2.21. The van der Waals surface area contributed by atoms with Crippen LogP contribution in [0.3, 0.4) is 0 Å². The van der Waals surface area contributed by atoms with Crippen molar-refractivity contribution in [3.63, 3.8) is 0 Å². The van der Waals surface area contributed by atoms with Gasteiger partial charge in [0.1, 0.15) is 11.6 Å². The highest BCUT2D eigenvalue weighted by Gasteiger charge is 2.27. The molecule has 1 atom stereocenters. The highest BCUT2D eigenvalue weighted by atomic mass is 15.2. The molecule has 25 heavy (non-hydrogen) atoms. The summed E-state index contributed by atoms with van der Waals surface area (Å²) in [7, 11) is 2.11. The Labute approximate surface area is 146 Å². The van der Waals surface area contributed by atoms with Crippen LogP contribution in [0, 0.1) is 0 Å². The lowest BCUT2D eigenvalue weighted by molar-refractivity contribution is 0.314. The van der Waals surface area contributed by atoms with Gasteiger partial charge in [-0.05, 0) is 37.2 Å². The number of imidazole rings is 2. The number of aromatic amines is 1. The molecule has 5 heteroatoms. The van der Waals surface area contributed by atoms with E-state index in [0.29, 0.717) is 5.92 Å². The summed E-state index contributed by atoms with van der Waals surface area (Å²) in [5.41, 5.74) is 4.47. The molecule has 0 bridgehead atoms. The van der Waals surface area contributed by atoms with Crippen molar-refractivity contribution in [3.8, 4) is 0 Å². The zero-order chi connectivity index (χ0) is 16.8. The lowest BCUT2D eigenvalue weighted by Gasteiger charge is -2.15. The van der Waals surface area contributed by atoms with Gasteiger partial charge in [-0.15, -0.1) is 0 Å². The number of nitrogens with one attached hydrogen (secondary N) is 1. The van der Waals surface area contributed by atoms with Crippen LogP contribution in [-0.4, -0.2) is 37.5 Å².